The molecule has 0 spiro atoms. The fraction of sp³-hybridized carbons (Fsp3) is 0.462. The summed E-state index contributed by atoms with van der Waals surface area (Å²) in [6.45, 7) is 3.93. The summed E-state index contributed by atoms with van der Waals surface area (Å²) in [4.78, 5) is 28.6. The summed E-state index contributed by atoms with van der Waals surface area (Å²) in [6, 6.07) is 12.7. The molecule has 35 heavy (non-hydrogen) atoms. The van der Waals surface area contributed by atoms with E-state index in [9.17, 15) is 18.0 Å². The zero-order valence-corrected chi connectivity index (χ0v) is 21.5. The smallest absolute Gasteiger partial charge is 0.251 e. The maximum Gasteiger partial charge on any atom is 0.251 e. The van der Waals surface area contributed by atoms with Crippen LogP contribution in [0.4, 0.5) is 0 Å². The van der Waals surface area contributed by atoms with Crippen molar-refractivity contribution in [1.82, 2.24) is 14.5 Å². The van der Waals surface area contributed by atoms with Crippen LogP contribution in [-0.2, 0) is 14.8 Å². The van der Waals surface area contributed by atoms with Crippen molar-refractivity contribution in [1.29, 1.82) is 0 Å². The van der Waals surface area contributed by atoms with Crippen LogP contribution in [0.15, 0.2) is 53.4 Å². The molecule has 1 atom stereocenters. The summed E-state index contributed by atoms with van der Waals surface area (Å²) in [7, 11) is -3.65. The van der Waals surface area contributed by atoms with Gasteiger partial charge in [0, 0.05) is 36.8 Å². The number of nitrogens with one attached hydrogen (secondary N) is 1. The minimum absolute atomic E-state index is 0.0656. The highest BCUT2D eigenvalue weighted by Gasteiger charge is 2.38. The summed E-state index contributed by atoms with van der Waals surface area (Å²) in [5, 5.41) is 3.48. The molecule has 2 aromatic rings. The number of aryl methyl sites for hydroxylation is 1. The van der Waals surface area contributed by atoms with Crippen molar-refractivity contribution < 1.29 is 18.0 Å². The second kappa shape index (κ2) is 11.1. The molecule has 2 aliphatic rings. The van der Waals surface area contributed by atoms with Gasteiger partial charge >= 0.3 is 0 Å². The van der Waals surface area contributed by atoms with Crippen molar-refractivity contribution in [3.63, 3.8) is 0 Å². The van der Waals surface area contributed by atoms with Crippen molar-refractivity contribution >= 4 is 33.4 Å². The van der Waals surface area contributed by atoms with Crippen LogP contribution in [-0.4, -0.2) is 61.7 Å². The van der Waals surface area contributed by atoms with Gasteiger partial charge in [-0.25, -0.2) is 8.42 Å². The summed E-state index contributed by atoms with van der Waals surface area (Å²) in [5.74, 6) is -0.490. The summed E-state index contributed by atoms with van der Waals surface area (Å²) >= 11 is 5.91. The molecule has 0 aliphatic carbocycles. The second-order valence-corrected chi connectivity index (χ2v) is 11.8. The van der Waals surface area contributed by atoms with E-state index in [1.807, 2.05) is 24.0 Å². The number of carbonyl (C=O) groups excluding carboxylic acids is 2. The van der Waals surface area contributed by atoms with Gasteiger partial charge in [-0.05, 0) is 81.3 Å². The van der Waals surface area contributed by atoms with Gasteiger partial charge in [0.2, 0.25) is 15.9 Å². The Balaban J connectivity index is 1.49. The lowest BCUT2D eigenvalue weighted by molar-refractivity contribution is -0.135. The number of carbonyl (C=O) groups is 2. The summed E-state index contributed by atoms with van der Waals surface area (Å²) < 4.78 is 27.6. The molecular weight excluding hydrogens is 486 g/mol. The highest BCUT2D eigenvalue weighted by atomic mass is 35.5. The van der Waals surface area contributed by atoms with Crippen LogP contribution in [0.2, 0.25) is 5.02 Å². The van der Waals surface area contributed by atoms with Crippen LogP contribution in [0.25, 0.3) is 0 Å². The molecule has 4 rings (SSSR count). The van der Waals surface area contributed by atoms with Crippen molar-refractivity contribution in [2.45, 2.75) is 50.0 Å². The van der Waals surface area contributed by atoms with Crippen molar-refractivity contribution in [3.8, 4) is 0 Å². The van der Waals surface area contributed by atoms with Crippen molar-refractivity contribution in [3.05, 3.63) is 64.7 Å². The van der Waals surface area contributed by atoms with Crippen LogP contribution in [0.5, 0.6) is 0 Å². The molecule has 0 bridgehead atoms. The molecule has 7 nitrogen and oxygen atoms in total. The Kier molecular flexibility index (Phi) is 8.14. The molecule has 188 valence electrons. The van der Waals surface area contributed by atoms with E-state index in [-0.39, 0.29) is 22.6 Å². The average Bonchev–Trinajstić information content (AvgIpc) is 2.88. The van der Waals surface area contributed by atoms with Gasteiger partial charge in [-0.15, -0.1) is 0 Å². The third-order valence-electron chi connectivity index (χ3n) is 6.96. The molecule has 2 heterocycles. The number of likely N-dealkylation sites (tertiary alicyclic amines) is 1. The third kappa shape index (κ3) is 6.05. The summed E-state index contributed by atoms with van der Waals surface area (Å²) in [6.07, 6.45) is 4.01. The Hall–Kier alpha value is -2.42. The first-order valence-electron chi connectivity index (χ1n) is 12.2. The lowest BCUT2D eigenvalue weighted by Gasteiger charge is -2.38. The highest BCUT2D eigenvalue weighted by molar-refractivity contribution is 7.89. The molecule has 0 radical (unpaired) electrons. The van der Waals surface area contributed by atoms with Gasteiger partial charge in [-0.2, -0.15) is 4.31 Å². The fourth-order valence-corrected chi connectivity index (χ4v) is 6.42. The Labute approximate surface area is 212 Å². The van der Waals surface area contributed by atoms with E-state index in [1.165, 1.54) is 16.4 Å². The molecule has 2 saturated heterocycles. The molecule has 2 aromatic carbocycles. The predicted octanol–water partition coefficient (Wildman–Crippen LogP) is 3.86. The van der Waals surface area contributed by atoms with Crippen molar-refractivity contribution in [2.24, 2.45) is 5.92 Å². The van der Waals surface area contributed by atoms with Gasteiger partial charge < -0.3 is 10.2 Å². The second-order valence-electron chi connectivity index (χ2n) is 9.40. The lowest BCUT2D eigenvalue weighted by Crippen LogP contribution is -2.55. The molecule has 2 amide bonds. The first-order chi connectivity index (χ1) is 16.8. The SMILES string of the molecule is Cc1ccc(C(=O)NC(C(=O)N2CCCCC2)C2CCN(S(=O)(=O)c3ccc(Cl)cc3)CC2)cc1. The fourth-order valence-electron chi connectivity index (χ4n) is 4.83. The Morgan fingerprint density at radius 1 is 0.914 bits per heavy atom. The van der Waals surface area contributed by atoms with E-state index in [2.05, 4.69) is 5.32 Å². The van der Waals surface area contributed by atoms with Gasteiger partial charge in [0.25, 0.3) is 5.91 Å². The predicted molar refractivity (Wildman–Crippen MR) is 136 cm³/mol. The summed E-state index contributed by atoms with van der Waals surface area (Å²) in [5.41, 5.74) is 1.56. The van der Waals surface area contributed by atoms with E-state index in [4.69, 9.17) is 11.6 Å². The quantitative estimate of drug-likeness (QED) is 0.630. The Bertz CT molecular complexity index is 1140. The molecule has 2 aliphatic heterocycles. The zero-order valence-electron chi connectivity index (χ0n) is 20.0. The number of hydrogen-bond acceptors (Lipinski definition) is 4. The van der Waals surface area contributed by atoms with Gasteiger partial charge in [0.05, 0.1) is 4.90 Å². The normalized spacial score (nSPS) is 18.7. The van der Waals surface area contributed by atoms with E-state index in [0.717, 1.165) is 24.8 Å². The number of hydrogen-bond donors (Lipinski definition) is 1. The molecule has 2 fully saturated rings. The Morgan fingerprint density at radius 3 is 2.11 bits per heavy atom. The van der Waals surface area contributed by atoms with Gasteiger partial charge in [-0.3, -0.25) is 9.59 Å². The van der Waals surface area contributed by atoms with Crippen LogP contribution >= 0.6 is 11.6 Å². The molecular formula is C26H32ClN3O4S. The number of sulfonamides is 1. The van der Waals surface area contributed by atoms with E-state index >= 15 is 0 Å². The molecule has 1 unspecified atom stereocenters. The van der Waals surface area contributed by atoms with Gasteiger partial charge in [-0.1, -0.05) is 29.3 Å². The average molecular weight is 518 g/mol. The van der Waals surface area contributed by atoms with E-state index < -0.39 is 16.1 Å². The number of piperidine rings is 2. The maximum absolute atomic E-state index is 13.5. The zero-order chi connectivity index (χ0) is 25.0. The van der Waals surface area contributed by atoms with Crippen LogP contribution in [0.1, 0.15) is 48.0 Å². The van der Waals surface area contributed by atoms with Gasteiger partial charge in [0.1, 0.15) is 6.04 Å². The largest absolute Gasteiger partial charge is 0.341 e. The van der Waals surface area contributed by atoms with Crippen LogP contribution in [0.3, 0.4) is 0 Å². The monoisotopic (exact) mass is 517 g/mol. The van der Waals surface area contributed by atoms with Crippen LogP contribution < -0.4 is 5.32 Å². The minimum Gasteiger partial charge on any atom is -0.341 e. The van der Waals surface area contributed by atoms with E-state index in [1.54, 1.807) is 24.3 Å². The highest BCUT2D eigenvalue weighted by Crippen LogP contribution is 2.28. The number of nitrogens with zero attached hydrogens (tertiary/aromatic N) is 2. The molecule has 0 saturated carbocycles. The first kappa shape index (κ1) is 25.7. The first-order valence-corrected chi connectivity index (χ1v) is 14.0. The maximum atomic E-state index is 13.5. The standard InChI is InChI=1S/C26H32ClN3O4S/c1-19-5-7-21(8-6-19)25(31)28-24(26(32)29-15-3-2-4-16-29)20-13-17-30(18-14-20)35(33,34)23-11-9-22(27)10-12-23/h5-12,20,24H,2-4,13-18H2,1H3,(H,28,31). The van der Waals surface area contributed by atoms with Crippen LogP contribution in [0, 0.1) is 12.8 Å². The van der Waals surface area contributed by atoms with Crippen molar-refractivity contribution in [2.75, 3.05) is 26.2 Å². The lowest BCUT2D eigenvalue weighted by atomic mass is 9.88. The topological polar surface area (TPSA) is 86.8 Å². The van der Waals surface area contributed by atoms with E-state index in [0.29, 0.717) is 49.6 Å². The number of rotatable bonds is 6. The molecule has 1 N–H and O–H groups in total. The van der Waals surface area contributed by atoms with Gasteiger partial charge in [0.15, 0.2) is 0 Å². The minimum atomic E-state index is -3.65. The Morgan fingerprint density at radius 2 is 1.51 bits per heavy atom. The number of amides is 2. The number of halogens is 1. The molecule has 9 heteroatoms. The third-order valence-corrected chi connectivity index (χ3v) is 9.12. The number of benzene rings is 2. The molecule has 0 aromatic heterocycles.